The summed E-state index contributed by atoms with van der Waals surface area (Å²) in [5.74, 6) is 0. The Bertz CT molecular complexity index is 413. The SMILES string of the molecule is CC(C)(C)OC(=O)Nc1ccc(CN)cc1I. The highest BCUT2D eigenvalue weighted by Crippen LogP contribution is 2.20. The van der Waals surface area contributed by atoms with Crippen molar-refractivity contribution in [1.29, 1.82) is 0 Å². The molecule has 94 valence electrons. The molecule has 0 saturated heterocycles. The first-order chi connectivity index (χ1) is 7.81. The summed E-state index contributed by atoms with van der Waals surface area (Å²) in [6.45, 7) is 5.97. The molecule has 0 aliphatic rings. The van der Waals surface area contributed by atoms with E-state index >= 15 is 0 Å². The lowest BCUT2D eigenvalue weighted by atomic mass is 10.2. The molecule has 3 N–H and O–H groups in total. The van der Waals surface area contributed by atoms with Gasteiger partial charge in [0.05, 0.1) is 5.69 Å². The minimum atomic E-state index is -0.493. The highest BCUT2D eigenvalue weighted by atomic mass is 127. The fraction of sp³-hybridized carbons (Fsp3) is 0.417. The number of nitrogens with one attached hydrogen (secondary N) is 1. The van der Waals surface area contributed by atoms with E-state index in [2.05, 4.69) is 27.9 Å². The first-order valence-electron chi connectivity index (χ1n) is 5.30. The van der Waals surface area contributed by atoms with Crippen molar-refractivity contribution in [2.24, 2.45) is 5.73 Å². The van der Waals surface area contributed by atoms with Crippen LogP contribution in [0.3, 0.4) is 0 Å². The summed E-state index contributed by atoms with van der Waals surface area (Å²) in [6, 6.07) is 5.65. The summed E-state index contributed by atoms with van der Waals surface area (Å²) in [5.41, 5.74) is 6.81. The van der Waals surface area contributed by atoms with Crippen molar-refractivity contribution >= 4 is 34.4 Å². The van der Waals surface area contributed by atoms with E-state index in [9.17, 15) is 4.79 Å². The van der Waals surface area contributed by atoms with Gasteiger partial charge in [0.1, 0.15) is 5.60 Å². The van der Waals surface area contributed by atoms with Crippen LogP contribution < -0.4 is 11.1 Å². The zero-order valence-corrected chi connectivity index (χ0v) is 12.4. The Hall–Kier alpha value is -0.820. The average Bonchev–Trinajstić information content (AvgIpc) is 2.18. The zero-order chi connectivity index (χ0) is 13.1. The molecule has 0 radical (unpaired) electrons. The molecule has 5 heteroatoms. The Labute approximate surface area is 115 Å². The second-order valence-electron chi connectivity index (χ2n) is 4.65. The standard InChI is InChI=1S/C12H17IN2O2/c1-12(2,3)17-11(16)15-10-5-4-8(7-14)6-9(10)13/h4-6H,7,14H2,1-3H3,(H,15,16). The van der Waals surface area contributed by atoms with Crippen molar-refractivity contribution in [1.82, 2.24) is 0 Å². The molecule has 0 aromatic heterocycles. The van der Waals surface area contributed by atoms with Gasteiger partial charge in [0.2, 0.25) is 0 Å². The second-order valence-corrected chi connectivity index (χ2v) is 5.81. The molecule has 0 heterocycles. The highest BCUT2D eigenvalue weighted by Gasteiger charge is 2.16. The molecule has 1 aromatic carbocycles. The number of amides is 1. The van der Waals surface area contributed by atoms with Crippen molar-refractivity contribution in [2.75, 3.05) is 5.32 Å². The third-order valence-electron chi connectivity index (χ3n) is 1.90. The van der Waals surface area contributed by atoms with Gasteiger partial charge < -0.3 is 10.5 Å². The Kier molecular flexibility index (Phi) is 4.76. The van der Waals surface area contributed by atoms with Crippen molar-refractivity contribution in [2.45, 2.75) is 32.9 Å². The topological polar surface area (TPSA) is 64.3 Å². The van der Waals surface area contributed by atoms with E-state index in [1.54, 1.807) is 0 Å². The number of rotatable bonds is 2. The van der Waals surface area contributed by atoms with Crippen molar-refractivity contribution in [3.8, 4) is 0 Å². The number of carbonyl (C=O) groups is 1. The minimum absolute atomic E-state index is 0.448. The van der Waals surface area contributed by atoms with Gasteiger partial charge in [-0.15, -0.1) is 0 Å². The molecule has 1 aromatic rings. The monoisotopic (exact) mass is 348 g/mol. The van der Waals surface area contributed by atoms with Crippen LogP contribution >= 0.6 is 22.6 Å². The van der Waals surface area contributed by atoms with E-state index < -0.39 is 11.7 Å². The lowest BCUT2D eigenvalue weighted by Gasteiger charge is -2.20. The van der Waals surface area contributed by atoms with Gasteiger partial charge in [0, 0.05) is 10.1 Å². The number of halogens is 1. The van der Waals surface area contributed by atoms with Crippen LogP contribution in [-0.2, 0) is 11.3 Å². The summed E-state index contributed by atoms with van der Waals surface area (Å²) in [5, 5.41) is 2.71. The maximum Gasteiger partial charge on any atom is 0.412 e. The molecule has 4 nitrogen and oxygen atoms in total. The molecule has 0 unspecified atom stereocenters. The van der Waals surface area contributed by atoms with Crippen LogP contribution in [0.4, 0.5) is 10.5 Å². The summed E-state index contributed by atoms with van der Waals surface area (Å²) in [6.07, 6.45) is -0.448. The van der Waals surface area contributed by atoms with E-state index in [-0.39, 0.29) is 0 Å². The largest absolute Gasteiger partial charge is 0.444 e. The van der Waals surface area contributed by atoms with Gasteiger partial charge >= 0.3 is 6.09 Å². The summed E-state index contributed by atoms with van der Waals surface area (Å²) >= 11 is 2.15. The maximum absolute atomic E-state index is 11.6. The van der Waals surface area contributed by atoms with Crippen LogP contribution in [0.5, 0.6) is 0 Å². The smallest absolute Gasteiger partial charge is 0.412 e. The van der Waals surface area contributed by atoms with Gasteiger partial charge in [-0.25, -0.2) is 4.79 Å². The molecule has 17 heavy (non-hydrogen) atoms. The first-order valence-corrected chi connectivity index (χ1v) is 6.38. The molecule has 0 atom stereocenters. The Balaban J connectivity index is 2.72. The van der Waals surface area contributed by atoms with E-state index in [0.29, 0.717) is 6.54 Å². The number of carbonyl (C=O) groups excluding carboxylic acids is 1. The predicted octanol–water partition coefficient (Wildman–Crippen LogP) is 3.10. The van der Waals surface area contributed by atoms with Gasteiger partial charge in [-0.05, 0) is 61.1 Å². The highest BCUT2D eigenvalue weighted by molar-refractivity contribution is 14.1. The Morgan fingerprint density at radius 3 is 2.59 bits per heavy atom. The fourth-order valence-corrected chi connectivity index (χ4v) is 1.92. The molecule has 1 amide bonds. The quantitative estimate of drug-likeness (QED) is 0.808. The molecule has 0 aliphatic carbocycles. The van der Waals surface area contributed by atoms with Crippen LogP contribution in [0.1, 0.15) is 26.3 Å². The molecule has 0 spiro atoms. The molecular formula is C12H17IN2O2. The molecule has 0 saturated carbocycles. The van der Waals surface area contributed by atoms with Gasteiger partial charge in [-0.3, -0.25) is 5.32 Å². The zero-order valence-electron chi connectivity index (χ0n) is 10.2. The fourth-order valence-electron chi connectivity index (χ4n) is 1.20. The van der Waals surface area contributed by atoms with Gasteiger partial charge in [-0.1, -0.05) is 6.07 Å². The van der Waals surface area contributed by atoms with Crippen molar-refractivity contribution in [3.05, 3.63) is 27.3 Å². The molecule has 0 fully saturated rings. The van der Waals surface area contributed by atoms with Crippen molar-refractivity contribution in [3.63, 3.8) is 0 Å². The van der Waals surface area contributed by atoms with E-state index in [4.69, 9.17) is 10.5 Å². The number of hydrogen-bond acceptors (Lipinski definition) is 3. The summed E-state index contributed by atoms with van der Waals surface area (Å²) in [4.78, 5) is 11.6. The number of benzene rings is 1. The van der Waals surface area contributed by atoms with Gasteiger partial charge in [-0.2, -0.15) is 0 Å². The summed E-state index contributed by atoms with van der Waals surface area (Å²) in [7, 11) is 0. The first kappa shape index (κ1) is 14.2. The number of anilines is 1. The molecule has 1 rings (SSSR count). The number of nitrogens with two attached hydrogens (primary N) is 1. The number of ether oxygens (including phenoxy) is 1. The molecular weight excluding hydrogens is 331 g/mol. The predicted molar refractivity (Wildman–Crippen MR) is 76.9 cm³/mol. The van der Waals surface area contributed by atoms with Crippen LogP contribution in [0.15, 0.2) is 18.2 Å². The lowest BCUT2D eigenvalue weighted by molar-refractivity contribution is 0.0636. The Morgan fingerprint density at radius 1 is 1.47 bits per heavy atom. The molecule has 0 bridgehead atoms. The second kappa shape index (κ2) is 5.68. The van der Waals surface area contributed by atoms with Crippen LogP contribution in [0.25, 0.3) is 0 Å². The third kappa shape index (κ3) is 4.91. The van der Waals surface area contributed by atoms with E-state index in [1.165, 1.54) is 0 Å². The van der Waals surface area contributed by atoms with Gasteiger partial charge in [0.15, 0.2) is 0 Å². The van der Waals surface area contributed by atoms with E-state index in [1.807, 2.05) is 39.0 Å². The van der Waals surface area contributed by atoms with Crippen LogP contribution in [0, 0.1) is 3.57 Å². The minimum Gasteiger partial charge on any atom is -0.444 e. The average molecular weight is 348 g/mol. The third-order valence-corrected chi connectivity index (χ3v) is 2.80. The van der Waals surface area contributed by atoms with Crippen molar-refractivity contribution < 1.29 is 9.53 Å². The van der Waals surface area contributed by atoms with Crippen LogP contribution in [-0.4, -0.2) is 11.7 Å². The Morgan fingerprint density at radius 2 is 2.12 bits per heavy atom. The van der Waals surface area contributed by atoms with Crippen LogP contribution in [0.2, 0.25) is 0 Å². The number of hydrogen-bond donors (Lipinski definition) is 2. The maximum atomic E-state index is 11.6. The van der Waals surface area contributed by atoms with E-state index in [0.717, 1.165) is 14.8 Å². The molecule has 0 aliphatic heterocycles. The van der Waals surface area contributed by atoms with Gasteiger partial charge in [0.25, 0.3) is 0 Å². The lowest BCUT2D eigenvalue weighted by Crippen LogP contribution is -2.27. The normalized spacial score (nSPS) is 11.1. The summed E-state index contributed by atoms with van der Waals surface area (Å²) < 4.78 is 6.12.